The van der Waals surface area contributed by atoms with Crippen LogP contribution in [-0.2, 0) is 4.79 Å². The van der Waals surface area contributed by atoms with Crippen LogP contribution < -0.4 is 5.32 Å². The van der Waals surface area contributed by atoms with Gasteiger partial charge in [0.15, 0.2) is 0 Å². The Morgan fingerprint density at radius 2 is 1.95 bits per heavy atom. The highest BCUT2D eigenvalue weighted by molar-refractivity contribution is 5.82. The first-order chi connectivity index (χ1) is 9.34. The molecule has 1 N–H and O–H groups in total. The first-order valence-electron chi connectivity index (χ1n) is 7.39. The second-order valence-corrected chi connectivity index (χ2v) is 5.70. The Morgan fingerprint density at radius 1 is 1.21 bits per heavy atom. The molecule has 1 amide bonds. The molecule has 1 aromatic carbocycles. The number of likely N-dealkylation sites (tertiary alicyclic amines) is 1. The molecule has 1 aliphatic carbocycles. The molecule has 0 spiro atoms. The van der Waals surface area contributed by atoms with Crippen LogP contribution in [0.1, 0.15) is 30.7 Å². The van der Waals surface area contributed by atoms with Crippen molar-refractivity contribution in [3.8, 4) is 0 Å². The molecule has 1 saturated heterocycles. The number of benzene rings is 1. The standard InChI is InChI=1S/C16H22N2O/c19-16(17-8-11-18-9-4-5-10-18)15-12-14(15)13-6-2-1-3-7-13/h1-3,6-7,14-15H,4-5,8-12H2,(H,17,19)/t14-,15+/m0/s1. The van der Waals surface area contributed by atoms with Gasteiger partial charge in [0.25, 0.3) is 0 Å². The van der Waals surface area contributed by atoms with Gasteiger partial charge in [0.05, 0.1) is 0 Å². The monoisotopic (exact) mass is 258 g/mol. The van der Waals surface area contributed by atoms with Crippen molar-refractivity contribution in [3.63, 3.8) is 0 Å². The van der Waals surface area contributed by atoms with Crippen molar-refractivity contribution in [2.45, 2.75) is 25.2 Å². The quantitative estimate of drug-likeness (QED) is 0.876. The summed E-state index contributed by atoms with van der Waals surface area (Å²) in [7, 11) is 0. The number of nitrogens with one attached hydrogen (secondary N) is 1. The highest BCUT2D eigenvalue weighted by atomic mass is 16.2. The number of hydrogen-bond donors (Lipinski definition) is 1. The second kappa shape index (κ2) is 5.74. The number of amides is 1. The third-order valence-electron chi connectivity index (χ3n) is 4.28. The van der Waals surface area contributed by atoms with E-state index in [1.807, 2.05) is 6.07 Å². The molecule has 0 aromatic heterocycles. The van der Waals surface area contributed by atoms with Crippen LogP contribution in [-0.4, -0.2) is 37.0 Å². The van der Waals surface area contributed by atoms with Crippen molar-refractivity contribution in [2.24, 2.45) is 5.92 Å². The highest BCUT2D eigenvalue weighted by Gasteiger charge is 2.43. The van der Waals surface area contributed by atoms with Gasteiger partial charge in [-0.2, -0.15) is 0 Å². The predicted molar refractivity (Wildman–Crippen MR) is 76.0 cm³/mol. The summed E-state index contributed by atoms with van der Waals surface area (Å²) >= 11 is 0. The van der Waals surface area contributed by atoms with E-state index < -0.39 is 0 Å². The summed E-state index contributed by atoms with van der Waals surface area (Å²) in [5.41, 5.74) is 1.31. The molecule has 1 aliphatic heterocycles. The van der Waals surface area contributed by atoms with Gasteiger partial charge in [-0.3, -0.25) is 4.79 Å². The Kier molecular flexibility index (Phi) is 3.83. The Balaban J connectivity index is 1.40. The minimum atomic E-state index is 0.209. The Bertz CT molecular complexity index is 426. The molecule has 1 aromatic rings. The van der Waals surface area contributed by atoms with E-state index >= 15 is 0 Å². The molecule has 1 heterocycles. The second-order valence-electron chi connectivity index (χ2n) is 5.70. The summed E-state index contributed by atoms with van der Waals surface area (Å²) < 4.78 is 0. The Morgan fingerprint density at radius 3 is 2.68 bits per heavy atom. The molecular formula is C16H22N2O. The number of carbonyl (C=O) groups excluding carboxylic acids is 1. The van der Waals surface area contributed by atoms with Gasteiger partial charge in [-0.15, -0.1) is 0 Å². The average molecular weight is 258 g/mol. The minimum absolute atomic E-state index is 0.209. The average Bonchev–Trinajstić information content (AvgIpc) is 3.09. The van der Waals surface area contributed by atoms with E-state index in [2.05, 4.69) is 34.5 Å². The maximum atomic E-state index is 12.0. The molecule has 19 heavy (non-hydrogen) atoms. The molecule has 0 radical (unpaired) electrons. The molecule has 2 fully saturated rings. The lowest BCUT2D eigenvalue weighted by Gasteiger charge is -2.14. The van der Waals surface area contributed by atoms with Crippen molar-refractivity contribution >= 4 is 5.91 Å². The lowest BCUT2D eigenvalue weighted by atomic mass is 10.1. The van der Waals surface area contributed by atoms with Crippen molar-refractivity contribution in [1.82, 2.24) is 10.2 Å². The van der Waals surface area contributed by atoms with Gasteiger partial charge in [-0.05, 0) is 43.8 Å². The van der Waals surface area contributed by atoms with Gasteiger partial charge in [0.2, 0.25) is 5.91 Å². The van der Waals surface area contributed by atoms with E-state index in [1.54, 1.807) is 0 Å². The summed E-state index contributed by atoms with van der Waals surface area (Å²) in [6, 6.07) is 10.4. The fourth-order valence-electron chi connectivity index (χ4n) is 3.03. The third-order valence-corrected chi connectivity index (χ3v) is 4.28. The maximum absolute atomic E-state index is 12.0. The molecule has 3 heteroatoms. The molecule has 0 bridgehead atoms. The van der Waals surface area contributed by atoms with Crippen LogP contribution >= 0.6 is 0 Å². The van der Waals surface area contributed by atoms with Gasteiger partial charge in [-0.25, -0.2) is 0 Å². The van der Waals surface area contributed by atoms with Gasteiger partial charge in [0, 0.05) is 19.0 Å². The highest BCUT2D eigenvalue weighted by Crippen LogP contribution is 2.47. The van der Waals surface area contributed by atoms with Gasteiger partial charge in [-0.1, -0.05) is 30.3 Å². The number of carbonyl (C=O) groups is 1. The lowest BCUT2D eigenvalue weighted by molar-refractivity contribution is -0.122. The van der Waals surface area contributed by atoms with Crippen LogP contribution in [0.15, 0.2) is 30.3 Å². The van der Waals surface area contributed by atoms with Crippen molar-refractivity contribution in [3.05, 3.63) is 35.9 Å². The third kappa shape index (κ3) is 3.16. The molecule has 102 valence electrons. The minimum Gasteiger partial charge on any atom is -0.355 e. The van der Waals surface area contributed by atoms with E-state index in [1.165, 1.54) is 31.5 Å². The van der Waals surface area contributed by atoms with E-state index in [0.717, 1.165) is 19.5 Å². The lowest BCUT2D eigenvalue weighted by Crippen LogP contribution is -2.34. The van der Waals surface area contributed by atoms with Crippen molar-refractivity contribution in [1.29, 1.82) is 0 Å². The smallest absolute Gasteiger partial charge is 0.223 e. The molecule has 3 rings (SSSR count). The zero-order valence-electron chi connectivity index (χ0n) is 11.3. The largest absolute Gasteiger partial charge is 0.355 e. The van der Waals surface area contributed by atoms with Crippen LogP contribution in [0.4, 0.5) is 0 Å². The molecule has 0 unspecified atom stereocenters. The maximum Gasteiger partial charge on any atom is 0.223 e. The zero-order valence-corrected chi connectivity index (χ0v) is 11.3. The molecule has 3 nitrogen and oxygen atoms in total. The van der Waals surface area contributed by atoms with Crippen LogP contribution in [0.3, 0.4) is 0 Å². The summed E-state index contributed by atoms with van der Waals surface area (Å²) in [5, 5.41) is 3.09. The number of rotatable bonds is 5. The number of hydrogen-bond acceptors (Lipinski definition) is 2. The molecule has 1 saturated carbocycles. The first-order valence-corrected chi connectivity index (χ1v) is 7.39. The van der Waals surface area contributed by atoms with Gasteiger partial charge < -0.3 is 10.2 Å². The summed E-state index contributed by atoms with van der Waals surface area (Å²) in [6.45, 7) is 4.21. The van der Waals surface area contributed by atoms with Crippen LogP contribution in [0.25, 0.3) is 0 Å². The SMILES string of the molecule is O=C(NCCN1CCCC1)[C@@H]1C[C@H]1c1ccccc1. The summed E-state index contributed by atoms with van der Waals surface area (Å²) in [5.74, 6) is 0.905. The fourth-order valence-corrected chi connectivity index (χ4v) is 3.03. The summed E-state index contributed by atoms with van der Waals surface area (Å²) in [4.78, 5) is 14.5. The van der Waals surface area contributed by atoms with Gasteiger partial charge in [0.1, 0.15) is 0 Å². The summed E-state index contributed by atoms with van der Waals surface area (Å²) in [6.07, 6.45) is 3.64. The van der Waals surface area contributed by atoms with Gasteiger partial charge >= 0.3 is 0 Å². The topological polar surface area (TPSA) is 32.3 Å². The van der Waals surface area contributed by atoms with Crippen molar-refractivity contribution < 1.29 is 4.79 Å². The van der Waals surface area contributed by atoms with E-state index in [9.17, 15) is 4.79 Å². The Labute approximate surface area is 115 Å². The zero-order chi connectivity index (χ0) is 13.1. The van der Waals surface area contributed by atoms with E-state index in [-0.39, 0.29) is 11.8 Å². The molecule has 2 aliphatic rings. The fraction of sp³-hybridized carbons (Fsp3) is 0.562. The van der Waals surface area contributed by atoms with E-state index in [0.29, 0.717) is 5.92 Å². The molecule has 2 atom stereocenters. The van der Waals surface area contributed by atoms with Crippen LogP contribution in [0, 0.1) is 5.92 Å². The normalized spacial score (nSPS) is 26.3. The first kappa shape index (κ1) is 12.7. The predicted octanol–water partition coefficient (Wildman–Crippen LogP) is 2.00. The van der Waals surface area contributed by atoms with Crippen LogP contribution in [0.2, 0.25) is 0 Å². The van der Waals surface area contributed by atoms with Crippen molar-refractivity contribution in [2.75, 3.05) is 26.2 Å². The number of nitrogens with zero attached hydrogens (tertiary/aromatic N) is 1. The Hall–Kier alpha value is -1.35. The van der Waals surface area contributed by atoms with E-state index in [4.69, 9.17) is 0 Å². The molecular weight excluding hydrogens is 236 g/mol. The van der Waals surface area contributed by atoms with Crippen LogP contribution in [0.5, 0.6) is 0 Å².